The standard InChI is InChI=1S/C29H30N4O3/c1-20(33-12-10-22(11-13-33)14-21-6-3-2-4-7-21)25-16-27-28(36-19-35-27)17-26(25)32-29(34)31-24-9-5-8-23(15-24)18-30/h2-9,15-17,20,22H,10-14,19H2,1H3,(H2,31,32,34). The van der Waals surface area contributed by atoms with Crippen molar-refractivity contribution in [2.75, 3.05) is 30.5 Å². The molecule has 184 valence electrons. The summed E-state index contributed by atoms with van der Waals surface area (Å²) < 4.78 is 11.2. The van der Waals surface area contributed by atoms with E-state index in [0.717, 1.165) is 37.9 Å². The van der Waals surface area contributed by atoms with E-state index < -0.39 is 0 Å². The van der Waals surface area contributed by atoms with Crippen LogP contribution in [0.5, 0.6) is 11.5 Å². The van der Waals surface area contributed by atoms with E-state index in [1.165, 1.54) is 5.56 Å². The maximum Gasteiger partial charge on any atom is 0.323 e. The molecule has 0 aromatic heterocycles. The molecule has 5 rings (SSSR count). The molecular weight excluding hydrogens is 452 g/mol. The van der Waals surface area contributed by atoms with Gasteiger partial charge < -0.3 is 20.1 Å². The van der Waals surface area contributed by atoms with Crippen LogP contribution in [0.25, 0.3) is 0 Å². The Morgan fingerprint density at radius 1 is 1.03 bits per heavy atom. The molecule has 7 heteroatoms. The lowest BCUT2D eigenvalue weighted by Crippen LogP contribution is -2.36. The van der Waals surface area contributed by atoms with Crippen LogP contribution in [0.2, 0.25) is 0 Å². The Morgan fingerprint density at radius 3 is 2.53 bits per heavy atom. The maximum atomic E-state index is 12.9. The number of fused-ring (bicyclic) bond motifs is 1. The van der Waals surface area contributed by atoms with E-state index >= 15 is 0 Å². The number of hydrogen-bond donors (Lipinski definition) is 2. The van der Waals surface area contributed by atoms with Gasteiger partial charge in [-0.05, 0) is 80.6 Å². The highest BCUT2D eigenvalue weighted by atomic mass is 16.7. The number of amides is 2. The largest absolute Gasteiger partial charge is 0.454 e. The fraction of sp³-hybridized carbons (Fsp3) is 0.310. The first-order valence-corrected chi connectivity index (χ1v) is 12.4. The first-order valence-electron chi connectivity index (χ1n) is 12.4. The molecular formula is C29H30N4O3. The molecule has 2 heterocycles. The van der Waals surface area contributed by atoms with Crippen LogP contribution in [-0.4, -0.2) is 30.8 Å². The van der Waals surface area contributed by atoms with Crippen molar-refractivity contribution in [2.24, 2.45) is 5.92 Å². The second kappa shape index (κ2) is 10.7. The molecule has 0 bridgehead atoms. The molecule has 2 amide bonds. The van der Waals surface area contributed by atoms with Crippen LogP contribution < -0.4 is 20.1 Å². The monoisotopic (exact) mass is 482 g/mol. The number of nitrogens with one attached hydrogen (secondary N) is 2. The third-order valence-corrected chi connectivity index (χ3v) is 7.06. The number of piperidine rings is 1. The third-order valence-electron chi connectivity index (χ3n) is 7.06. The number of ether oxygens (including phenoxy) is 2. The molecule has 0 radical (unpaired) electrons. The Morgan fingerprint density at radius 2 is 1.78 bits per heavy atom. The average Bonchev–Trinajstić information content (AvgIpc) is 3.36. The highest BCUT2D eigenvalue weighted by Crippen LogP contribution is 2.41. The van der Waals surface area contributed by atoms with Crippen LogP contribution in [0.1, 0.15) is 42.5 Å². The number of urea groups is 1. The summed E-state index contributed by atoms with van der Waals surface area (Å²) in [5.74, 6) is 2.00. The van der Waals surface area contributed by atoms with Crippen molar-refractivity contribution in [3.63, 3.8) is 0 Å². The fourth-order valence-electron chi connectivity index (χ4n) is 5.05. The number of carbonyl (C=O) groups excluding carboxylic acids is 1. The predicted molar refractivity (Wildman–Crippen MR) is 139 cm³/mol. The van der Waals surface area contributed by atoms with Crippen molar-refractivity contribution in [1.82, 2.24) is 4.90 Å². The van der Waals surface area contributed by atoms with E-state index in [0.29, 0.717) is 34.4 Å². The van der Waals surface area contributed by atoms with Gasteiger partial charge in [-0.1, -0.05) is 36.4 Å². The number of hydrogen-bond acceptors (Lipinski definition) is 5. The number of carbonyl (C=O) groups is 1. The van der Waals surface area contributed by atoms with Crippen LogP contribution in [0.4, 0.5) is 16.2 Å². The SMILES string of the molecule is CC(c1cc2c(cc1NC(=O)Nc1cccc(C#N)c1)OCO2)N1CCC(Cc2ccccc2)CC1. The summed E-state index contributed by atoms with van der Waals surface area (Å²) in [6.07, 6.45) is 3.40. The second-order valence-electron chi connectivity index (χ2n) is 9.41. The van der Waals surface area contributed by atoms with Crippen molar-refractivity contribution in [3.05, 3.63) is 83.4 Å². The molecule has 2 aliphatic rings. The Hall–Kier alpha value is -4.02. The van der Waals surface area contributed by atoms with Crippen LogP contribution in [-0.2, 0) is 6.42 Å². The lowest BCUT2D eigenvalue weighted by Gasteiger charge is -2.37. The molecule has 1 saturated heterocycles. The van der Waals surface area contributed by atoms with Gasteiger partial charge in [0.2, 0.25) is 6.79 Å². The minimum atomic E-state index is -0.376. The summed E-state index contributed by atoms with van der Waals surface area (Å²) in [7, 11) is 0. The molecule has 3 aromatic rings. The molecule has 7 nitrogen and oxygen atoms in total. The van der Waals surface area contributed by atoms with Crippen LogP contribution in [0.15, 0.2) is 66.7 Å². The van der Waals surface area contributed by atoms with E-state index in [9.17, 15) is 4.79 Å². The third kappa shape index (κ3) is 5.45. The van der Waals surface area contributed by atoms with Crippen molar-refractivity contribution in [2.45, 2.75) is 32.2 Å². The van der Waals surface area contributed by atoms with Gasteiger partial charge in [0.15, 0.2) is 11.5 Å². The van der Waals surface area contributed by atoms with Gasteiger partial charge in [-0.3, -0.25) is 4.90 Å². The van der Waals surface area contributed by atoms with E-state index in [4.69, 9.17) is 14.7 Å². The molecule has 1 fully saturated rings. The number of nitrogens with zero attached hydrogens (tertiary/aromatic N) is 2. The molecule has 1 atom stereocenters. The number of likely N-dealkylation sites (tertiary alicyclic amines) is 1. The van der Waals surface area contributed by atoms with Crippen LogP contribution in [0, 0.1) is 17.2 Å². The highest BCUT2D eigenvalue weighted by Gasteiger charge is 2.28. The van der Waals surface area contributed by atoms with Gasteiger partial charge in [-0.2, -0.15) is 5.26 Å². The summed E-state index contributed by atoms with van der Waals surface area (Å²) in [6, 6.07) is 23.2. The topological polar surface area (TPSA) is 86.6 Å². The predicted octanol–water partition coefficient (Wildman–Crippen LogP) is 5.95. The van der Waals surface area contributed by atoms with Gasteiger partial charge in [0.1, 0.15) is 0 Å². The first-order chi connectivity index (χ1) is 17.6. The Balaban J connectivity index is 1.28. The Bertz CT molecular complexity index is 1260. The molecule has 0 aliphatic carbocycles. The average molecular weight is 483 g/mol. The van der Waals surface area contributed by atoms with Gasteiger partial charge in [0.25, 0.3) is 0 Å². The highest BCUT2D eigenvalue weighted by molar-refractivity contribution is 6.00. The van der Waals surface area contributed by atoms with Gasteiger partial charge in [-0.15, -0.1) is 0 Å². The van der Waals surface area contributed by atoms with Crippen molar-refractivity contribution < 1.29 is 14.3 Å². The second-order valence-corrected chi connectivity index (χ2v) is 9.41. The first kappa shape index (κ1) is 23.7. The maximum absolute atomic E-state index is 12.9. The fourth-order valence-corrected chi connectivity index (χ4v) is 5.05. The molecule has 36 heavy (non-hydrogen) atoms. The zero-order valence-corrected chi connectivity index (χ0v) is 20.4. The Labute approximate surface area is 211 Å². The Kier molecular flexibility index (Phi) is 7.06. The minimum absolute atomic E-state index is 0.0920. The normalized spacial score (nSPS) is 16.2. The van der Waals surface area contributed by atoms with E-state index in [1.54, 1.807) is 24.3 Å². The number of nitriles is 1. The molecule has 0 saturated carbocycles. The molecule has 3 aromatic carbocycles. The van der Waals surface area contributed by atoms with Crippen LogP contribution >= 0.6 is 0 Å². The lowest BCUT2D eigenvalue weighted by molar-refractivity contribution is 0.141. The molecule has 2 aliphatic heterocycles. The quantitative estimate of drug-likeness (QED) is 0.454. The zero-order valence-electron chi connectivity index (χ0n) is 20.4. The van der Waals surface area contributed by atoms with Gasteiger partial charge in [0.05, 0.1) is 17.3 Å². The summed E-state index contributed by atoms with van der Waals surface area (Å²) in [5, 5.41) is 14.9. The van der Waals surface area contributed by atoms with Crippen molar-refractivity contribution in [3.8, 4) is 17.6 Å². The van der Waals surface area contributed by atoms with Crippen LogP contribution in [0.3, 0.4) is 0 Å². The summed E-state index contributed by atoms with van der Waals surface area (Å²) in [4.78, 5) is 15.3. The molecule has 1 unspecified atom stereocenters. The van der Waals surface area contributed by atoms with E-state index in [2.05, 4.69) is 58.9 Å². The van der Waals surface area contributed by atoms with E-state index in [-0.39, 0.29) is 18.9 Å². The zero-order chi connectivity index (χ0) is 24.9. The summed E-state index contributed by atoms with van der Waals surface area (Å²) in [6.45, 7) is 4.35. The lowest BCUT2D eigenvalue weighted by atomic mass is 9.89. The minimum Gasteiger partial charge on any atom is -0.454 e. The number of benzene rings is 3. The number of rotatable bonds is 6. The number of anilines is 2. The van der Waals surface area contributed by atoms with Gasteiger partial charge in [-0.25, -0.2) is 4.79 Å². The summed E-state index contributed by atoms with van der Waals surface area (Å²) in [5.41, 5.74) is 4.12. The summed E-state index contributed by atoms with van der Waals surface area (Å²) >= 11 is 0. The van der Waals surface area contributed by atoms with Crippen molar-refractivity contribution in [1.29, 1.82) is 5.26 Å². The van der Waals surface area contributed by atoms with Crippen molar-refractivity contribution >= 4 is 17.4 Å². The molecule has 0 spiro atoms. The van der Waals surface area contributed by atoms with E-state index in [1.807, 2.05) is 12.1 Å². The molecule has 2 N–H and O–H groups in total. The van der Waals surface area contributed by atoms with Gasteiger partial charge in [0, 0.05) is 17.8 Å². The van der Waals surface area contributed by atoms with Gasteiger partial charge >= 0.3 is 6.03 Å². The smallest absolute Gasteiger partial charge is 0.323 e.